The average molecular weight is 311 g/mol. The van der Waals surface area contributed by atoms with E-state index in [1.54, 1.807) is 0 Å². The van der Waals surface area contributed by atoms with Crippen molar-refractivity contribution in [3.8, 4) is 5.75 Å². The van der Waals surface area contributed by atoms with E-state index in [1.165, 1.54) is 5.56 Å². The van der Waals surface area contributed by atoms with Gasteiger partial charge >= 0.3 is 0 Å². The summed E-state index contributed by atoms with van der Waals surface area (Å²) in [6.07, 6.45) is 0. The molecule has 1 heterocycles. The molecule has 1 saturated heterocycles. The van der Waals surface area contributed by atoms with E-state index in [1.807, 2.05) is 13.0 Å². The van der Waals surface area contributed by atoms with Crippen LogP contribution < -0.4 is 4.74 Å². The lowest BCUT2D eigenvalue weighted by Gasteiger charge is -2.32. The van der Waals surface area contributed by atoms with Gasteiger partial charge in [0.2, 0.25) is 0 Å². The molecule has 1 aromatic carbocycles. The van der Waals surface area contributed by atoms with Gasteiger partial charge in [0.25, 0.3) is 0 Å². The highest BCUT2D eigenvalue weighted by Crippen LogP contribution is 2.31. The molecule has 21 heavy (non-hydrogen) atoms. The van der Waals surface area contributed by atoms with E-state index in [4.69, 9.17) is 16.3 Å². The number of halogens is 1. The minimum atomic E-state index is 0.418. The van der Waals surface area contributed by atoms with E-state index < -0.39 is 0 Å². The number of benzene rings is 1. The predicted molar refractivity (Wildman–Crippen MR) is 89.7 cm³/mol. The summed E-state index contributed by atoms with van der Waals surface area (Å²) in [5, 5.41) is 0.824. The van der Waals surface area contributed by atoms with Gasteiger partial charge in [-0.2, -0.15) is 0 Å². The van der Waals surface area contributed by atoms with E-state index in [0.717, 1.165) is 55.7 Å². The number of piperazine rings is 1. The molecule has 2 rings (SSSR count). The third kappa shape index (κ3) is 4.60. The van der Waals surface area contributed by atoms with Crippen molar-refractivity contribution in [3.63, 3.8) is 0 Å². The molecule has 4 heteroatoms. The van der Waals surface area contributed by atoms with Crippen LogP contribution in [0.15, 0.2) is 12.1 Å². The molecule has 0 amide bonds. The molecular formula is C17H27ClN2O. The van der Waals surface area contributed by atoms with Crippen molar-refractivity contribution < 1.29 is 4.74 Å². The lowest BCUT2D eigenvalue weighted by molar-refractivity contribution is 0.133. The van der Waals surface area contributed by atoms with Crippen LogP contribution in [-0.4, -0.2) is 56.2 Å². The minimum Gasteiger partial charge on any atom is -0.492 e. The molecule has 0 saturated carbocycles. The molecule has 0 bridgehead atoms. The third-order valence-corrected chi connectivity index (χ3v) is 4.58. The predicted octanol–water partition coefficient (Wildman–Crippen LogP) is 3.40. The lowest BCUT2D eigenvalue weighted by Crippen LogP contribution is -2.45. The van der Waals surface area contributed by atoms with Crippen LogP contribution in [0.5, 0.6) is 5.75 Å². The molecule has 1 fully saturated rings. The summed E-state index contributed by atoms with van der Waals surface area (Å²) in [7, 11) is 2.18. The van der Waals surface area contributed by atoms with Gasteiger partial charge in [-0.1, -0.05) is 25.4 Å². The third-order valence-electron chi connectivity index (χ3n) is 4.17. The van der Waals surface area contributed by atoms with Crippen molar-refractivity contribution in [3.05, 3.63) is 28.3 Å². The number of aryl methyl sites for hydroxylation is 1. The van der Waals surface area contributed by atoms with Crippen LogP contribution in [0.3, 0.4) is 0 Å². The Morgan fingerprint density at radius 2 is 1.86 bits per heavy atom. The zero-order valence-corrected chi connectivity index (χ0v) is 14.4. The summed E-state index contributed by atoms with van der Waals surface area (Å²) < 4.78 is 6.05. The number of nitrogens with zero attached hydrogens (tertiary/aromatic N) is 2. The van der Waals surface area contributed by atoms with Gasteiger partial charge in [-0.15, -0.1) is 0 Å². The molecule has 0 atom stereocenters. The largest absolute Gasteiger partial charge is 0.492 e. The molecular weight excluding hydrogens is 284 g/mol. The maximum atomic E-state index is 6.23. The second-order valence-electron chi connectivity index (χ2n) is 6.29. The smallest absolute Gasteiger partial charge is 0.123 e. The van der Waals surface area contributed by atoms with Gasteiger partial charge in [-0.05, 0) is 43.1 Å². The van der Waals surface area contributed by atoms with E-state index in [-0.39, 0.29) is 0 Å². The molecule has 0 spiro atoms. The summed E-state index contributed by atoms with van der Waals surface area (Å²) in [6, 6.07) is 4.12. The molecule has 1 aliphatic heterocycles. The zero-order valence-electron chi connectivity index (χ0n) is 13.7. The van der Waals surface area contributed by atoms with Crippen LogP contribution in [0.4, 0.5) is 0 Å². The Balaban J connectivity index is 1.92. The second-order valence-corrected chi connectivity index (χ2v) is 6.69. The van der Waals surface area contributed by atoms with Crippen LogP contribution in [0.1, 0.15) is 30.9 Å². The highest BCUT2D eigenvalue weighted by atomic mass is 35.5. The van der Waals surface area contributed by atoms with Gasteiger partial charge in [0.05, 0.1) is 0 Å². The highest BCUT2D eigenvalue weighted by molar-refractivity contribution is 6.31. The number of ether oxygens (including phenoxy) is 1. The Morgan fingerprint density at radius 3 is 2.48 bits per heavy atom. The van der Waals surface area contributed by atoms with Crippen LogP contribution in [0, 0.1) is 6.92 Å². The highest BCUT2D eigenvalue weighted by Gasteiger charge is 2.15. The first-order valence-corrected chi connectivity index (χ1v) is 8.19. The van der Waals surface area contributed by atoms with Gasteiger partial charge in [0.1, 0.15) is 12.4 Å². The normalized spacial score (nSPS) is 17.4. The van der Waals surface area contributed by atoms with E-state index in [0.29, 0.717) is 5.92 Å². The molecule has 3 nitrogen and oxygen atoms in total. The van der Waals surface area contributed by atoms with E-state index in [9.17, 15) is 0 Å². The van der Waals surface area contributed by atoms with Gasteiger partial charge in [-0.3, -0.25) is 4.90 Å². The van der Waals surface area contributed by atoms with Crippen molar-refractivity contribution in [1.29, 1.82) is 0 Å². The fourth-order valence-electron chi connectivity index (χ4n) is 2.60. The Kier molecular flexibility index (Phi) is 5.91. The van der Waals surface area contributed by atoms with Crippen LogP contribution in [0.25, 0.3) is 0 Å². The number of rotatable bonds is 5. The monoisotopic (exact) mass is 310 g/mol. The first kappa shape index (κ1) is 16.6. The van der Waals surface area contributed by atoms with Crippen LogP contribution >= 0.6 is 11.6 Å². The fraction of sp³-hybridized carbons (Fsp3) is 0.647. The maximum absolute atomic E-state index is 6.23. The van der Waals surface area contributed by atoms with Crippen LogP contribution in [0.2, 0.25) is 5.02 Å². The Labute approximate surface area is 133 Å². The lowest BCUT2D eigenvalue weighted by atomic mass is 10.0. The molecule has 0 unspecified atom stereocenters. The molecule has 0 aromatic heterocycles. The van der Waals surface area contributed by atoms with Crippen molar-refractivity contribution in [2.45, 2.75) is 26.7 Å². The summed E-state index contributed by atoms with van der Waals surface area (Å²) in [4.78, 5) is 4.84. The van der Waals surface area contributed by atoms with Crippen molar-refractivity contribution >= 4 is 11.6 Å². The molecule has 118 valence electrons. The number of hydrogen-bond donors (Lipinski definition) is 0. The zero-order chi connectivity index (χ0) is 15.4. The first-order chi connectivity index (χ1) is 9.97. The molecule has 0 N–H and O–H groups in total. The van der Waals surface area contributed by atoms with Crippen molar-refractivity contribution in [2.24, 2.45) is 0 Å². The summed E-state index contributed by atoms with van der Waals surface area (Å²) in [6.45, 7) is 12.7. The maximum Gasteiger partial charge on any atom is 0.123 e. The Bertz CT molecular complexity index is 468. The standard InChI is InChI=1S/C17H27ClN2O/c1-13(2)15-12-16(18)14(3)11-17(15)21-10-9-20-7-5-19(4)6-8-20/h11-13H,5-10H2,1-4H3. The molecule has 0 radical (unpaired) electrons. The first-order valence-electron chi connectivity index (χ1n) is 7.81. The SMILES string of the molecule is Cc1cc(OCCN2CCN(C)CC2)c(C(C)C)cc1Cl. The fourth-order valence-corrected chi connectivity index (χ4v) is 2.77. The average Bonchev–Trinajstić information content (AvgIpc) is 2.44. The summed E-state index contributed by atoms with van der Waals surface area (Å²) >= 11 is 6.23. The Hall–Kier alpha value is -0.770. The van der Waals surface area contributed by atoms with Crippen LogP contribution in [-0.2, 0) is 0 Å². The molecule has 1 aliphatic rings. The van der Waals surface area contributed by atoms with Gasteiger partial charge in [-0.25, -0.2) is 0 Å². The van der Waals surface area contributed by atoms with Gasteiger partial charge in [0, 0.05) is 37.7 Å². The van der Waals surface area contributed by atoms with E-state index >= 15 is 0 Å². The minimum absolute atomic E-state index is 0.418. The molecule has 1 aromatic rings. The summed E-state index contributed by atoms with van der Waals surface area (Å²) in [5.41, 5.74) is 2.28. The molecule has 0 aliphatic carbocycles. The van der Waals surface area contributed by atoms with Gasteiger partial charge < -0.3 is 9.64 Å². The number of likely N-dealkylation sites (N-methyl/N-ethyl adjacent to an activating group) is 1. The topological polar surface area (TPSA) is 15.7 Å². The summed E-state index contributed by atoms with van der Waals surface area (Å²) in [5.74, 6) is 1.41. The Morgan fingerprint density at radius 1 is 1.19 bits per heavy atom. The number of hydrogen-bond acceptors (Lipinski definition) is 3. The quantitative estimate of drug-likeness (QED) is 0.829. The van der Waals surface area contributed by atoms with Crippen molar-refractivity contribution in [1.82, 2.24) is 9.80 Å². The second kappa shape index (κ2) is 7.48. The van der Waals surface area contributed by atoms with Crippen molar-refractivity contribution in [2.75, 3.05) is 46.4 Å². The van der Waals surface area contributed by atoms with Gasteiger partial charge in [0.15, 0.2) is 0 Å². The van der Waals surface area contributed by atoms with E-state index in [2.05, 4.69) is 36.8 Å².